The lowest BCUT2D eigenvalue weighted by molar-refractivity contribution is 0.602. The van der Waals surface area contributed by atoms with Gasteiger partial charge in [0.2, 0.25) is 0 Å². The van der Waals surface area contributed by atoms with Gasteiger partial charge < -0.3 is 14.1 Å². The van der Waals surface area contributed by atoms with Gasteiger partial charge in [0.15, 0.2) is 0 Å². The largest absolute Gasteiger partial charge is 0.354 e. The number of H-pyrrole nitrogens is 1. The van der Waals surface area contributed by atoms with Crippen molar-refractivity contribution in [3.8, 4) is 0 Å². The maximum Gasteiger partial charge on any atom is 0.0614 e. The van der Waals surface area contributed by atoms with E-state index < -0.39 is 0 Å². The highest BCUT2D eigenvalue weighted by molar-refractivity contribution is 6.39. The number of aromatic amines is 1. The summed E-state index contributed by atoms with van der Waals surface area (Å²) in [7, 11) is 0. The molecule has 0 atom stereocenters. The van der Waals surface area contributed by atoms with E-state index in [9.17, 15) is 0 Å². The zero-order chi connectivity index (χ0) is 26.3. The van der Waals surface area contributed by atoms with Gasteiger partial charge in [-0.3, -0.25) is 0 Å². The number of fused-ring (bicyclic) bond motifs is 12. The normalized spacial score (nSPS) is 12.4. The second kappa shape index (κ2) is 10.1. The van der Waals surface area contributed by atoms with E-state index in [-0.39, 0.29) is 0 Å². The van der Waals surface area contributed by atoms with Crippen LogP contribution in [0.25, 0.3) is 65.4 Å². The van der Waals surface area contributed by atoms with Crippen molar-refractivity contribution in [1.29, 1.82) is 0 Å². The molecule has 0 unspecified atom stereocenters. The van der Waals surface area contributed by atoms with E-state index in [1.165, 1.54) is 117 Å². The van der Waals surface area contributed by atoms with Crippen molar-refractivity contribution in [3.05, 3.63) is 72.8 Å². The smallest absolute Gasteiger partial charge is 0.0614 e. The lowest BCUT2D eigenvalue weighted by Crippen LogP contribution is -2.00. The van der Waals surface area contributed by atoms with Crippen LogP contribution in [-0.4, -0.2) is 14.1 Å². The number of aromatic nitrogens is 3. The number of aryl methyl sites for hydroxylation is 2. The molecule has 7 rings (SSSR count). The minimum Gasteiger partial charge on any atom is -0.354 e. The Bertz CT molecular complexity index is 1900. The predicted molar refractivity (Wildman–Crippen MR) is 170 cm³/mol. The average Bonchev–Trinajstić information content (AvgIpc) is 3.61. The quantitative estimate of drug-likeness (QED) is 0.176. The molecule has 39 heavy (non-hydrogen) atoms. The number of unbranched alkanes of at least 4 members (excludes halogenated alkanes) is 6. The Kier molecular flexibility index (Phi) is 6.31. The maximum absolute atomic E-state index is 3.92. The number of benzene rings is 4. The van der Waals surface area contributed by atoms with Gasteiger partial charge in [-0.1, -0.05) is 107 Å². The third-order valence-corrected chi connectivity index (χ3v) is 8.84. The summed E-state index contributed by atoms with van der Waals surface area (Å²) in [6.07, 6.45) is 10.1. The number of hydrogen-bond donors (Lipinski definition) is 1. The Morgan fingerprint density at radius 3 is 1.59 bits per heavy atom. The second-order valence-electron chi connectivity index (χ2n) is 11.3. The number of rotatable bonds is 10. The van der Waals surface area contributed by atoms with Gasteiger partial charge in [-0.25, -0.2) is 0 Å². The fourth-order valence-electron chi connectivity index (χ4n) is 7.05. The topological polar surface area (TPSA) is 25.6 Å². The summed E-state index contributed by atoms with van der Waals surface area (Å²) in [5, 5.41) is 8.28. The molecule has 4 aromatic carbocycles. The van der Waals surface area contributed by atoms with E-state index >= 15 is 0 Å². The molecule has 0 radical (unpaired) electrons. The molecule has 0 fully saturated rings. The lowest BCUT2D eigenvalue weighted by atomic mass is 10.0. The van der Waals surface area contributed by atoms with Crippen molar-refractivity contribution < 1.29 is 0 Å². The summed E-state index contributed by atoms with van der Waals surface area (Å²) >= 11 is 0. The molecule has 7 aromatic rings. The first kappa shape index (κ1) is 24.3. The standard InChI is InChI=1S/C36H39N3/c1-3-5-7-15-23-38-29-21-13-10-18-26(29)32-34-31(25-17-9-12-20-28(25)37-34)35-33(36(32)38)27-19-11-14-22-30(27)39(35)24-16-8-6-4-2/h9-14,17-22,37H,3-8,15-16,23-24H2,1-2H3. The Balaban J connectivity index is 1.67. The Morgan fingerprint density at radius 2 is 1.00 bits per heavy atom. The summed E-state index contributed by atoms with van der Waals surface area (Å²) in [6, 6.07) is 27.1. The number of nitrogens with one attached hydrogen (secondary N) is 1. The molecule has 0 amide bonds. The number of nitrogens with zero attached hydrogens (tertiary/aromatic N) is 2. The fourth-order valence-corrected chi connectivity index (χ4v) is 7.05. The van der Waals surface area contributed by atoms with Crippen LogP contribution in [0.4, 0.5) is 0 Å². The first-order chi connectivity index (χ1) is 19.3. The van der Waals surface area contributed by atoms with Gasteiger partial charge in [0.05, 0.1) is 16.6 Å². The molecule has 0 spiro atoms. The van der Waals surface area contributed by atoms with Crippen molar-refractivity contribution in [2.75, 3.05) is 0 Å². The average molecular weight is 514 g/mol. The van der Waals surface area contributed by atoms with Crippen molar-refractivity contribution in [2.24, 2.45) is 0 Å². The van der Waals surface area contributed by atoms with Gasteiger partial charge in [0, 0.05) is 62.0 Å². The van der Waals surface area contributed by atoms with Crippen LogP contribution in [0.1, 0.15) is 65.2 Å². The summed E-state index contributed by atoms with van der Waals surface area (Å²) < 4.78 is 5.31. The zero-order valence-electron chi connectivity index (χ0n) is 23.4. The van der Waals surface area contributed by atoms with Gasteiger partial charge in [0.25, 0.3) is 0 Å². The van der Waals surface area contributed by atoms with Gasteiger partial charge in [-0.05, 0) is 31.0 Å². The molecule has 198 valence electrons. The molecule has 3 aromatic heterocycles. The van der Waals surface area contributed by atoms with Crippen LogP contribution in [0, 0.1) is 0 Å². The molecule has 3 heterocycles. The van der Waals surface area contributed by atoms with Gasteiger partial charge >= 0.3 is 0 Å². The first-order valence-corrected chi connectivity index (χ1v) is 15.2. The van der Waals surface area contributed by atoms with E-state index in [0.717, 1.165) is 13.1 Å². The van der Waals surface area contributed by atoms with E-state index in [4.69, 9.17) is 0 Å². The van der Waals surface area contributed by atoms with Crippen LogP contribution >= 0.6 is 0 Å². The Hall–Kier alpha value is -3.72. The van der Waals surface area contributed by atoms with E-state index in [1.807, 2.05) is 0 Å². The van der Waals surface area contributed by atoms with Crippen molar-refractivity contribution in [3.63, 3.8) is 0 Å². The van der Waals surface area contributed by atoms with Crippen LogP contribution < -0.4 is 0 Å². The highest BCUT2D eigenvalue weighted by Crippen LogP contribution is 2.46. The molecular formula is C36H39N3. The van der Waals surface area contributed by atoms with Crippen LogP contribution in [0.3, 0.4) is 0 Å². The van der Waals surface area contributed by atoms with Crippen molar-refractivity contribution >= 4 is 65.4 Å². The van der Waals surface area contributed by atoms with E-state index in [2.05, 4.69) is 101 Å². The monoisotopic (exact) mass is 513 g/mol. The van der Waals surface area contributed by atoms with E-state index in [0.29, 0.717) is 0 Å². The van der Waals surface area contributed by atoms with Crippen molar-refractivity contribution in [2.45, 2.75) is 78.3 Å². The molecule has 0 saturated carbocycles. The third-order valence-electron chi connectivity index (χ3n) is 8.84. The van der Waals surface area contributed by atoms with Gasteiger partial charge in [-0.2, -0.15) is 0 Å². The summed E-state index contributed by atoms with van der Waals surface area (Å²) in [5.41, 5.74) is 8.06. The molecule has 0 bridgehead atoms. The zero-order valence-corrected chi connectivity index (χ0v) is 23.4. The second-order valence-corrected chi connectivity index (χ2v) is 11.3. The van der Waals surface area contributed by atoms with Crippen molar-refractivity contribution in [1.82, 2.24) is 14.1 Å². The SMILES string of the molecule is CCCCCCn1c2ccccc2c2c3[nH]c4ccccc4c3c3c(c4ccccc4n3CCCCCC)c21. The van der Waals surface area contributed by atoms with Crippen LogP contribution in [0.5, 0.6) is 0 Å². The molecule has 0 aliphatic carbocycles. The Morgan fingerprint density at radius 1 is 0.513 bits per heavy atom. The summed E-state index contributed by atoms with van der Waals surface area (Å²) in [6.45, 7) is 6.71. The first-order valence-electron chi connectivity index (χ1n) is 15.2. The molecule has 3 nitrogen and oxygen atoms in total. The molecule has 3 heteroatoms. The van der Waals surface area contributed by atoms with Gasteiger partial charge in [0.1, 0.15) is 0 Å². The predicted octanol–water partition coefficient (Wildman–Crippen LogP) is 10.7. The molecular weight excluding hydrogens is 474 g/mol. The molecule has 0 aliphatic rings. The highest BCUT2D eigenvalue weighted by atomic mass is 15.0. The van der Waals surface area contributed by atoms with Gasteiger partial charge in [-0.15, -0.1) is 0 Å². The molecule has 0 saturated heterocycles. The molecule has 0 aliphatic heterocycles. The minimum absolute atomic E-state index is 1.06. The van der Waals surface area contributed by atoms with Crippen LogP contribution in [-0.2, 0) is 13.1 Å². The minimum atomic E-state index is 1.06. The number of para-hydroxylation sites is 3. The van der Waals surface area contributed by atoms with Crippen LogP contribution in [0.15, 0.2) is 72.8 Å². The van der Waals surface area contributed by atoms with Crippen LogP contribution in [0.2, 0.25) is 0 Å². The summed E-state index contributed by atoms with van der Waals surface area (Å²) in [4.78, 5) is 3.92. The fraction of sp³-hybridized carbons (Fsp3) is 0.333. The molecule has 1 N–H and O–H groups in total. The number of hydrogen-bond acceptors (Lipinski definition) is 0. The summed E-state index contributed by atoms with van der Waals surface area (Å²) in [5.74, 6) is 0. The highest BCUT2D eigenvalue weighted by Gasteiger charge is 2.25. The Labute approximate surface area is 230 Å². The lowest BCUT2D eigenvalue weighted by Gasteiger charge is -2.11. The third kappa shape index (κ3) is 3.77. The van der Waals surface area contributed by atoms with E-state index in [1.54, 1.807) is 0 Å². The maximum atomic E-state index is 3.92.